The number of piperidine rings is 2. The van der Waals surface area contributed by atoms with Gasteiger partial charge in [0.1, 0.15) is 11.6 Å². The average molecular weight is 581 g/mol. The number of alkyl halides is 3. The summed E-state index contributed by atoms with van der Waals surface area (Å²) >= 11 is 1.35. The second-order valence-electron chi connectivity index (χ2n) is 10.9. The molecule has 2 aromatic rings. The van der Waals surface area contributed by atoms with Gasteiger partial charge in [0.2, 0.25) is 6.86 Å². The number of ether oxygens (including phenoxy) is 1. The van der Waals surface area contributed by atoms with Crippen LogP contribution in [0, 0.1) is 5.41 Å². The van der Waals surface area contributed by atoms with Gasteiger partial charge in [-0.3, -0.25) is 4.79 Å². The van der Waals surface area contributed by atoms with Crippen molar-refractivity contribution in [3.8, 4) is 5.75 Å². The predicted octanol–water partition coefficient (Wildman–Crippen LogP) is 5.09. The Hall–Kier alpha value is -2.93. The number of aliphatic hydroxyl groups is 1. The summed E-state index contributed by atoms with van der Waals surface area (Å²) in [5.74, 6) is -2.06. The molecule has 1 amide bonds. The topological polar surface area (TPSA) is 103 Å². The van der Waals surface area contributed by atoms with Crippen LogP contribution in [0.4, 0.5) is 36.3 Å². The molecule has 4 heterocycles. The van der Waals surface area contributed by atoms with Crippen molar-refractivity contribution in [1.82, 2.24) is 9.97 Å². The molecule has 2 aromatic heterocycles. The first-order valence-electron chi connectivity index (χ1n) is 13.6. The van der Waals surface area contributed by atoms with Crippen LogP contribution < -0.4 is 24.6 Å². The summed E-state index contributed by atoms with van der Waals surface area (Å²) in [7, 11) is 0. The molecule has 2 aliphatic heterocycles. The number of pyridine rings is 2. The first kappa shape index (κ1) is 28.6. The van der Waals surface area contributed by atoms with Gasteiger partial charge in [-0.15, -0.1) is 0 Å². The number of hydrogen-bond donors (Lipinski definition) is 3. The van der Waals surface area contributed by atoms with E-state index in [0.29, 0.717) is 16.8 Å². The smallest absolute Gasteiger partial charge is 0.260 e. The minimum absolute atomic E-state index is 0.0171. The zero-order chi connectivity index (χ0) is 28.3. The van der Waals surface area contributed by atoms with Gasteiger partial charge in [0.05, 0.1) is 17.9 Å². The van der Waals surface area contributed by atoms with Gasteiger partial charge < -0.3 is 29.7 Å². The highest BCUT2D eigenvalue weighted by Crippen LogP contribution is 2.54. The monoisotopic (exact) mass is 580 g/mol. The van der Waals surface area contributed by atoms with Crippen LogP contribution in [0.3, 0.4) is 0 Å². The van der Waals surface area contributed by atoms with Crippen LogP contribution >= 0.6 is 11.9 Å². The Labute approximate surface area is 236 Å². The van der Waals surface area contributed by atoms with E-state index in [4.69, 9.17) is 4.74 Å². The van der Waals surface area contributed by atoms with Gasteiger partial charge in [-0.1, -0.05) is 0 Å². The lowest BCUT2D eigenvalue weighted by Crippen LogP contribution is -2.40. The number of hydrogen-bond acceptors (Lipinski definition) is 9. The maximum absolute atomic E-state index is 13.7. The molecule has 13 heteroatoms. The van der Waals surface area contributed by atoms with Crippen molar-refractivity contribution in [2.45, 2.75) is 56.6 Å². The van der Waals surface area contributed by atoms with Crippen LogP contribution in [0.2, 0.25) is 0 Å². The maximum Gasteiger partial charge on any atom is 0.260 e. The lowest BCUT2D eigenvalue weighted by atomic mass is 9.93. The molecule has 40 heavy (non-hydrogen) atoms. The number of carbonyl (C=O) groups excluding carboxylic acids is 1. The van der Waals surface area contributed by atoms with Gasteiger partial charge in [0, 0.05) is 56.5 Å². The Morgan fingerprint density at radius 1 is 1.10 bits per heavy atom. The van der Waals surface area contributed by atoms with Gasteiger partial charge in [-0.2, -0.15) is 0 Å². The predicted molar refractivity (Wildman–Crippen MR) is 150 cm³/mol. The van der Waals surface area contributed by atoms with Crippen LogP contribution in [-0.2, 0) is 0 Å². The van der Waals surface area contributed by atoms with Crippen molar-refractivity contribution >= 4 is 41.0 Å². The lowest BCUT2D eigenvalue weighted by Gasteiger charge is -2.35. The van der Waals surface area contributed by atoms with E-state index >= 15 is 0 Å². The summed E-state index contributed by atoms with van der Waals surface area (Å²) in [5.41, 5.74) is 1.59. The molecule has 1 atom stereocenters. The third-order valence-electron chi connectivity index (χ3n) is 7.96. The van der Waals surface area contributed by atoms with Crippen molar-refractivity contribution in [1.29, 1.82) is 0 Å². The quantitative estimate of drug-likeness (QED) is 0.332. The highest BCUT2D eigenvalue weighted by atomic mass is 32.2. The Kier molecular flexibility index (Phi) is 8.50. The molecule has 0 aromatic carbocycles. The van der Waals surface area contributed by atoms with Gasteiger partial charge in [-0.05, 0) is 62.1 Å². The van der Waals surface area contributed by atoms with E-state index in [0.717, 1.165) is 31.6 Å². The minimum Gasteiger partial charge on any atom is -0.459 e. The summed E-state index contributed by atoms with van der Waals surface area (Å²) in [6, 6.07) is 4.83. The minimum atomic E-state index is -2.75. The van der Waals surface area contributed by atoms with E-state index in [-0.39, 0.29) is 55.2 Å². The Morgan fingerprint density at radius 2 is 1.80 bits per heavy atom. The molecule has 1 saturated carbocycles. The first-order valence-corrected chi connectivity index (χ1v) is 14.5. The number of aliphatic hydroxyl groups excluding tert-OH is 1. The van der Waals surface area contributed by atoms with Crippen molar-refractivity contribution in [2.75, 3.05) is 59.5 Å². The zero-order valence-corrected chi connectivity index (χ0v) is 23.3. The standard InChI is InChI=1S/C27H35F3N6O3S/c1-18(16-37)40-34-23-14-20(35-10-6-26(4-5-26)7-11-35)19(15-31-23)25(38)33-22-3-2-21(39-17-28)24(32-22)36-12-8-27(29,30)9-13-36/h2-3,14-15,18,37H,4-13,16-17H2,1H3,(H,31,34)(H,32,33,38)/t18-/m0/s1. The summed E-state index contributed by atoms with van der Waals surface area (Å²) in [6.07, 6.45) is 5.50. The van der Waals surface area contributed by atoms with E-state index in [9.17, 15) is 23.1 Å². The third-order valence-corrected chi connectivity index (χ3v) is 8.83. The van der Waals surface area contributed by atoms with E-state index in [1.807, 2.05) is 13.0 Å². The Bertz CT molecular complexity index is 1200. The van der Waals surface area contributed by atoms with Crippen molar-refractivity contribution in [2.24, 2.45) is 5.41 Å². The molecule has 2 saturated heterocycles. The highest BCUT2D eigenvalue weighted by molar-refractivity contribution is 8.01. The highest BCUT2D eigenvalue weighted by Gasteiger charge is 2.44. The molecule has 5 rings (SSSR count). The molecule has 3 fully saturated rings. The van der Waals surface area contributed by atoms with E-state index in [1.165, 1.54) is 43.1 Å². The summed E-state index contributed by atoms with van der Waals surface area (Å²) < 4.78 is 48.7. The van der Waals surface area contributed by atoms with E-state index in [1.54, 1.807) is 4.90 Å². The average Bonchev–Trinajstić information content (AvgIpc) is 3.71. The summed E-state index contributed by atoms with van der Waals surface area (Å²) in [6.45, 7) is 2.55. The molecule has 0 unspecified atom stereocenters. The Morgan fingerprint density at radius 3 is 2.45 bits per heavy atom. The molecule has 3 N–H and O–H groups in total. The number of anilines is 4. The van der Waals surface area contributed by atoms with Gasteiger partial charge in [0.25, 0.3) is 11.8 Å². The normalized spacial score (nSPS) is 20.2. The number of amides is 1. The Balaban J connectivity index is 1.37. The largest absolute Gasteiger partial charge is 0.459 e. The number of aromatic nitrogens is 2. The second kappa shape index (κ2) is 11.9. The van der Waals surface area contributed by atoms with Crippen LogP contribution in [0.25, 0.3) is 0 Å². The fourth-order valence-corrected chi connectivity index (χ4v) is 5.67. The fraction of sp³-hybridized carbons (Fsp3) is 0.593. The van der Waals surface area contributed by atoms with Gasteiger partial charge in [-0.25, -0.2) is 23.1 Å². The van der Waals surface area contributed by atoms with Crippen LogP contribution in [0.5, 0.6) is 5.75 Å². The number of nitrogens with one attached hydrogen (secondary N) is 2. The third kappa shape index (κ3) is 6.68. The first-order chi connectivity index (χ1) is 19.2. The SMILES string of the molecule is C[C@@H](CO)SNc1cc(N2CCC3(CC2)CC3)c(C(=O)Nc2ccc(OCF)c(N3CCC(F)(F)CC3)n2)cn1. The van der Waals surface area contributed by atoms with Crippen molar-refractivity contribution < 1.29 is 27.8 Å². The van der Waals surface area contributed by atoms with Gasteiger partial charge >= 0.3 is 0 Å². The molecule has 218 valence electrons. The van der Waals surface area contributed by atoms with Gasteiger partial charge in [0.15, 0.2) is 11.6 Å². The fourth-order valence-electron chi connectivity index (χ4n) is 5.17. The van der Waals surface area contributed by atoms with E-state index < -0.39 is 18.7 Å². The van der Waals surface area contributed by atoms with Crippen molar-refractivity contribution in [3.05, 3.63) is 30.0 Å². The maximum atomic E-state index is 13.7. The number of rotatable bonds is 10. The molecule has 0 radical (unpaired) electrons. The lowest BCUT2D eigenvalue weighted by molar-refractivity contribution is -0.0222. The number of nitrogens with zero attached hydrogens (tertiary/aromatic N) is 4. The van der Waals surface area contributed by atoms with Crippen LogP contribution in [0.15, 0.2) is 24.4 Å². The molecular formula is C27H35F3N6O3S. The van der Waals surface area contributed by atoms with Crippen LogP contribution in [-0.4, -0.2) is 71.8 Å². The number of carbonyl (C=O) groups is 1. The molecule has 1 spiro atoms. The zero-order valence-electron chi connectivity index (χ0n) is 22.5. The molecular weight excluding hydrogens is 545 g/mol. The van der Waals surface area contributed by atoms with Crippen LogP contribution in [0.1, 0.15) is 55.8 Å². The second-order valence-corrected chi connectivity index (χ2v) is 12.1. The molecule has 9 nitrogen and oxygen atoms in total. The van der Waals surface area contributed by atoms with Crippen molar-refractivity contribution in [3.63, 3.8) is 0 Å². The van der Waals surface area contributed by atoms with E-state index in [2.05, 4.69) is 24.9 Å². The number of halogens is 3. The molecule has 1 aliphatic carbocycles. The molecule has 3 aliphatic rings. The summed E-state index contributed by atoms with van der Waals surface area (Å²) in [5, 5.41) is 12.1. The summed E-state index contributed by atoms with van der Waals surface area (Å²) in [4.78, 5) is 26.3. The molecule has 0 bridgehead atoms.